The lowest BCUT2D eigenvalue weighted by atomic mass is 9.95. The van der Waals surface area contributed by atoms with E-state index in [1.807, 2.05) is 6.07 Å². The Bertz CT molecular complexity index is 727. The van der Waals surface area contributed by atoms with Crippen molar-refractivity contribution < 1.29 is 0 Å². The summed E-state index contributed by atoms with van der Waals surface area (Å²) in [7, 11) is 0. The van der Waals surface area contributed by atoms with E-state index in [2.05, 4.69) is 65.4 Å². The molecule has 1 aromatic heterocycles. The fourth-order valence-electron chi connectivity index (χ4n) is 3.70. The molecule has 2 nitrogen and oxygen atoms in total. The minimum absolute atomic E-state index is 0.694. The predicted octanol–water partition coefficient (Wildman–Crippen LogP) is 7.03. The van der Waals surface area contributed by atoms with Crippen molar-refractivity contribution in [2.45, 2.75) is 70.6 Å². The quantitative estimate of drug-likeness (QED) is 0.370. The zero-order valence-electron chi connectivity index (χ0n) is 16.1. The lowest BCUT2D eigenvalue weighted by Crippen LogP contribution is -1.93. The molecular formula is C24H32N2. The van der Waals surface area contributed by atoms with Gasteiger partial charge < -0.3 is 4.98 Å². The van der Waals surface area contributed by atoms with Crippen LogP contribution in [0.25, 0.3) is 11.0 Å². The van der Waals surface area contributed by atoms with Gasteiger partial charge in [-0.3, -0.25) is 0 Å². The van der Waals surface area contributed by atoms with Gasteiger partial charge in [0, 0.05) is 6.42 Å². The van der Waals surface area contributed by atoms with E-state index in [-0.39, 0.29) is 0 Å². The Balaban J connectivity index is 1.20. The predicted molar refractivity (Wildman–Crippen MR) is 112 cm³/mol. The molecule has 2 aromatic carbocycles. The lowest BCUT2D eigenvalue weighted by molar-refractivity contribution is 0.544. The summed E-state index contributed by atoms with van der Waals surface area (Å²) < 4.78 is 0. The summed E-state index contributed by atoms with van der Waals surface area (Å²) in [6.45, 7) is 2.35. The van der Waals surface area contributed by atoms with Crippen LogP contribution in [0.1, 0.15) is 75.6 Å². The molecule has 0 spiro atoms. The SMILES string of the molecule is CC(CCCCCCCCCc1nc2ccccc2[nH]1)c1ccccc1. The number of aromatic amines is 1. The lowest BCUT2D eigenvalue weighted by Gasteiger charge is -2.11. The van der Waals surface area contributed by atoms with Crippen molar-refractivity contribution in [3.63, 3.8) is 0 Å². The molecular weight excluding hydrogens is 316 g/mol. The van der Waals surface area contributed by atoms with Crippen molar-refractivity contribution in [3.05, 3.63) is 66.0 Å². The summed E-state index contributed by atoms with van der Waals surface area (Å²) in [6.07, 6.45) is 11.8. The highest BCUT2D eigenvalue weighted by Gasteiger charge is 2.04. The summed E-state index contributed by atoms with van der Waals surface area (Å²) in [5.74, 6) is 1.83. The minimum Gasteiger partial charge on any atom is -0.342 e. The second kappa shape index (κ2) is 10.2. The molecule has 3 aromatic rings. The number of nitrogens with zero attached hydrogens (tertiary/aromatic N) is 1. The van der Waals surface area contributed by atoms with Crippen LogP contribution in [0, 0.1) is 0 Å². The van der Waals surface area contributed by atoms with Crippen LogP contribution in [0.2, 0.25) is 0 Å². The third kappa shape index (κ3) is 5.72. The molecule has 0 aliphatic carbocycles. The van der Waals surface area contributed by atoms with Crippen LogP contribution in [0.4, 0.5) is 0 Å². The third-order valence-corrected chi connectivity index (χ3v) is 5.36. The number of H-pyrrole nitrogens is 1. The van der Waals surface area contributed by atoms with Crippen LogP contribution in [0.15, 0.2) is 54.6 Å². The second-order valence-electron chi connectivity index (χ2n) is 7.53. The van der Waals surface area contributed by atoms with Crippen LogP contribution >= 0.6 is 0 Å². The zero-order valence-corrected chi connectivity index (χ0v) is 16.1. The Morgan fingerprint density at radius 2 is 1.42 bits per heavy atom. The molecule has 1 unspecified atom stereocenters. The Kier molecular flexibility index (Phi) is 7.30. The van der Waals surface area contributed by atoms with Crippen LogP contribution in [-0.2, 0) is 6.42 Å². The number of aromatic nitrogens is 2. The molecule has 1 atom stereocenters. The molecule has 0 fully saturated rings. The Labute approximate surface area is 158 Å². The number of hydrogen-bond donors (Lipinski definition) is 1. The average Bonchev–Trinajstić information content (AvgIpc) is 3.10. The third-order valence-electron chi connectivity index (χ3n) is 5.36. The number of aryl methyl sites for hydroxylation is 1. The topological polar surface area (TPSA) is 28.7 Å². The number of rotatable bonds is 11. The number of unbranched alkanes of at least 4 members (excludes halogenated alkanes) is 6. The summed E-state index contributed by atoms with van der Waals surface area (Å²) in [5.41, 5.74) is 3.73. The molecule has 2 heteroatoms. The average molecular weight is 349 g/mol. The fraction of sp³-hybridized carbons (Fsp3) is 0.458. The van der Waals surface area contributed by atoms with Gasteiger partial charge >= 0.3 is 0 Å². The molecule has 3 rings (SSSR count). The van der Waals surface area contributed by atoms with Crippen molar-refractivity contribution in [2.24, 2.45) is 0 Å². The number of hydrogen-bond acceptors (Lipinski definition) is 1. The zero-order chi connectivity index (χ0) is 18.0. The summed E-state index contributed by atoms with van der Waals surface area (Å²) in [5, 5.41) is 0. The van der Waals surface area contributed by atoms with Crippen molar-refractivity contribution >= 4 is 11.0 Å². The van der Waals surface area contributed by atoms with Crippen molar-refractivity contribution in [3.8, 4) is 0 Å². The van der Waals surface area contributed by atoms with Crippen molar-refractivity contribution in [2.75, 3.05) is 0 Å². The maximum absolute atomic E-state index is 4.66. The van der Waals surface area contributed by atoms with Gasteiger partial charge in [-0.05, 0) is 36.5 Å². The van der Waals surface area contributed by atoms with Gasteiger partial charge in [-0.25, -0.2) is 4.98 Å². The first kappa shape index (κ1) is 18.7. The first-order valence-electron chi connectivity index (χ1n) is 10.3. The molecule has 0 saturated heterocycles. The highest BCUT2D eigenvalue weighted by atomic mass is 14.9. The number of para-hydroxylation sites is 2. The Morgan fingerprint density at radius 3 is 2.19 bits per heavy atom. The van der Waals surface area contributed by atoms with Gasteiger partial charge in [0.1, 0.15) is 5.82 Å². The van der Waals surface area contributed by atoms with Crippen LogP contribution in [0.5, 0.6) is 0 Å². The second-order valence-corrected chi connectivity index (χ2v) is 7.53. The maximum atomic E-state index is 4.66. The normalized spacial score (nSPS) is 12.5. The van der Waals surface area contributed by atoms with Crippen LogP contribution in [-0.4, -0.2) is 9.97 Å². The molecule has 0 amide bonds. The summed E-state index contributed by atoms with van der Waals surface area (Å²) >= 11 is 0. The van der Waals surface area contributed by atoms with E-state index in [1.54, 1.807) is 0 Å². The minimum atomic E-state index is 0.694. The number of benzene rings is 2. The van der Waals surface area contributed by atoms with E-state index < -0.39 is 0 Å². The fourth-order valence-corrected chi connectivity index (χ4v) is 3.70. The molecule has 1 heterocycles. The largest absolute Gasteiger partial charge is 0.342 e. The van der Waals surface area contributed by atoms with Gasteiger partial charge in [0.2, 0.25) is 0 Å². The monoisotopic (exact) mass is 348 g/mol. The van der Waals surface area contributed by atoms with Gasteiger partial charge in [0.25, 0.3) is 0 Å². The molecule has 0 aliphatic rings. The highest BCUT2D eigenvalue weighted by molar-refractivity contribution is 5.74. The van der Waals surface area contributed by atoms with Gasteiger partial charge in [-0.15, -0.1) is 0 Å². The van der Waals surface area contributed by atoms with Crippen molar-refractivity contribution in [1.29, 1.82) is 0 Å². The smallest absolute Gasteiger partial charge is 0.107 e. The van der Waals surface area contributed by atoms with E-state index in [1.165, 1.54) is 56.9 Å². The Morgan fingerprint density at radius 1 is 0.769 bits per heavy atom. The highest BCUT2D eigenvalue weighted by Crippen LogP contribution is 2.22. The van der Waals surface area contributed by atoms with E-state index >= 15 is 0 Å². The number of imidazole rings is 1. The summed E-state index contributed by atoms with van der Waals surface area (Å²) in [4.78, 5) is 8.08. The standard InChI is InChI=1S/C24H32N2/c1-20(21-15-9-7-10-16-21)14-8-5-3-2-4-6-11-19-24-25-22-17-12-13-18-23(22)26-24/h7,9-10,12-13,15-18,20H,2-6,8,11,14,19H2,1H3,(H,25,26). The molecule has 0 saturated carbocycles. The van der Waals surface area contributed by atoms with Gasteiger partial charge in [-0.1, -0.05) is 87.9 Å². The number of nitrogens with one attached hydrogen (secondary N) is 1. The van der Waals surface area contributed by atoms with Gasteiger partial charge in [-0.2, -0.15) is 0 Å². The van der Waals surface area contributed by atoms with Crippen molar-refractivity contribution in [1.82, 2.24) is 9.97 Å². The summed E-state index contributed by atoms with van der Waals surface area (Å²) in [6, 6.07) is 19.2. The molecule has 0 bridgehead atoms. The molecule has 1 N–H and O–H groups in total. The molecule has 138 valence electrons. The number of fused-ring (bicyclic) bond motifs is 1. The van der Waals surface area contributed by atoms with E-state index in [4.69, 9.17) is 0 Å². The first-order chi connectivity index (χ1) is 12.8. The van der Waals surface area contributed by atoms with Crippen LogP contribution < -0.4 is 0 Å². The molecule has 26 heavy (non-hydrogen) atoms. The molecule has 0 aliphatic heterocycles. The Hall–Kier alpha value is -2.09. The molecule has 0 radical (unpaired) electrons. The van der Waals surface area contributed by atoms with E-state index in [0.29, 0.717) is 5.92 Å². The van der Waals surface area contributed by atoms with E-state index in [9.17, 15) is 0 Å². The van der Waals surface area contributed by atoms with Crippen LogP contribution in [0.3, 0.4) is 0 Å². The maximum Gasteiger partial charge on any atom is 0.107 e. The first-order valence-corrected chi connectivity index (χ1v) is 10.3. The van der Waals surface area contributed by atoms with Gasteiger partial charge in [0.15, 0.2) is 0 Å². The van der Waals surface area contributed by atoms with E-state index in [0.717, 1.165) is 23.3 Å². The van der Waals surface area contributed by atoms with Gasteiger partial charge in [0.05, 0.1) is 11.0 Å².